The Hall–Kier alpha value is -7.25. The lowest BCUT2D eigenvalue weighted by molar-refractivity contribution is -0.277. The van der Waals surface area contributed by atoms with E-state index in [0.29, 0.717) is 36.1 Å². The second kappa shape index (κ2) is 22.4. The molecule has 11 rings (SSSR count). The Balaban J connectivity index is 1.02. The molecule has 3 fully saturated rings. The first kappa shape index (κ1) is 58.9. The Bertz CT molecular complexity index is 3450. The van der Waals surface area contributed by atoms with Crippen LogP contribution in [0.2, 0.25) is 0 Å². The molecule has 2 amide bonds. The summed E-state index contributed by atoms with van der Waals surface area (Å²) in [6.45, 7) is 16.5. The molecule has 17 nitrogen and oxygen atoms in total. The van der Waals surface area contributed by atoms with Gasteiger partial charge in [-0.05, 0) is 141 Å². The maximum atomic E-state index is 16.1. The molecule has 6 unspecified atom stereocenters. The number of aliphatic hydroxyl groups excluding tert-OH is 4. The van der Waals surface area contributed by atoms with Crippen LogP contribution in [0.15, 0.2) is 119 Å². The van der Waals surface area contributed by atoms with Gasteiger partial charge in [0.2, 0.25) is 18.1 Å². The number of allylic oxidation sites excluding steroid dienone is 5. The van der Waals surface area contributed by atoms with Crippen molar-refractivity contribution in [3.8, 4) is 23.0 Å². The van der Waals surface area contributed by atoms with Gasteiger partial charge in [-0.1, -0.05) is 77.9 Å². The summed E-state index contributed by atoms with van der Waals surface area (Å²) in [6, 6.07) is 18.6. The number of hydrogen-bond donors (Lipinski definition) is 5. The molecule has 4 heterocycles. The van der Waals surface area contributed by atoms with Crippen molar-refractivity contribution in [3.05, 3.63) is 147 Å². The number of carbonyl (C=O) groups excluding carboxylic acids is 5. The zero-order valence-electron chi connectivity index (χ0n) is 48.6. The summed E-state index contributed by atoms with van der Waals surface area (Å²) in [7, 11) is 1.55. The summed E-state index contributed by atoms with van der Waals surface area (Å²) in [6.07, 6.45) is 5.11. The van der Waals surface area contributed by atoms with Gasteiger partial charge in [-0.3, -0.25) is 19.2 Å². The van der Waals surface area contributed by atoms with E-state index in [2.05, 4.69) is 11.4 Å². The highest BCUT2D eigenvalue weighted by Crippen LogP contribution is 2.69. The van der Waals surface area contributed by atoms with Crippen LogP contribution in [0, 0.1) is 11.8 Å². The van der Waals surface area contributed by atoms with Crippen molar-refractivity contribution in [1.82, 2.24) is 10.2 Å². The van der Waals surface area contributed by atoms with Crippen LogP contribution in [0.4, 0.5) is 0 Å². The Morgan fingerprint density at radius 2 is 1.58 bits per heavy atom. The molecular weight excluding hydrogens is 1060 g/mol. The van der Waals surface area contributed by atoms with Crippen molar-refractivity contribution >= 4 is 46.2 Å². The smallest absolute Gasteiger partial charge is 0.343 e. The van der Waals surface area contributed by atoms with Gasteiger partial charge in [0.15, 0.2) is 28.5 Å². The fourth-order valence-electron chi connectivity index (χ4n) is 12.8. The predicted molar refractivity (Wildman–Crippen MR) is 309 cm³/mol. The third-order valence-corrected chi connectivity index (χ3v) is 17.5. The number of rotatable bonds is 17. The van der Waals surface area contributed by atoms with E-state index in [-0.39, 0.29) is 70.6 Å². The lowest BCUT2D eigenvalue weighted by Crippen LogP contribution is -2.72. The highest BCUT2D eigenvalue weighted by molar-refractivity contribution is 6.19. The molecule has 83 heavy (non-hydrogen) atoms. The Morgan fingerprint density at radius 1 is 0.867 bits per heavy atom. The summed E-state index contributed by atoms with van der Waals surface area (Å²) in [5, 5.41) is 46.0. The molecule has 4 aromatic rings. The van der Waals surface area contributed by atoms with Crippen molar-refractivity contribution < 1.29 is 72.8 Å². The maximum absolute atomic E-state index is 16.1. The molecule has 4 bridgehead atoms. The van der Waals surface area contributed by atoms with Crippen molar-refractivity contribution in [3.63, 3.8) is 0 Å². The summed E-state index contributed by atoms with van der Waals surface area (Å²) in [4.78, 5) is 75.4. The van der Waals surface area contributed by atoms with E-state index in [4.69, 9.17) is 28.4 Å². The third kappa shape index (κ3) is 10.3. The fourth-order valence-corrected chi connectivity index (χ4v) is 12.8. The average Bonchev–Trinajstić information content (AvgIpc) is 1.72. The van der Waals surface area contributed by atoms with Gasteiger partial charge in [0.05, 0.1) is 23.3 Å². The quantitative estimate of drug-likeness (QED) is 0.0290. The van der Waals surface area contributed by atoms with Gasteiger partial charge in [-0.2, -0.15) is 0 Å². The molecule has 0 radical (unpaired) electrons. The normalized spacial score (nSPS) is 28.3. The highest BCUT2D eigenvalue weighted by Gasteiger charge is 2.81. The molecule has 1 spiro atoms. The molecule has 7 aliphatic rings. The van der Waals surface area contributed by atoms with Gasteiger partial charge >= 0.3 is 5.97 Å². The van der Waals surface area contributed by atoms with Crippen LogP contribution in [0.5, 0.6) is 23.0 Å². The number of ether oxygens (including phenoxy) is 6. The van der Waals surface area contributed by atoms with Crippen molar-refractivity contribution in [2.24, 2.45) is 11.8 Å². The molecule has 2 saturated heterocycles. The van der Waals surface area contributed by atoms with E-state index in [1.54, 1.807) is 33.0 Å². The largest absolute Gasteiger partial charge is 0.482 e. The summed E-state index contributed by atoms with van der Waals surface area (Å²) >= 11 is 0. The number of amides is 2. The first-order valence-corrected chi connectivity index (χ1v) is 28.4. The topological polar surface area (TPSA) is 237 Å². The Kier molecular flexibility index (Phi) is 15.9. The Morgan fingerprint density at radius 3 is 2.29 bits per heavy atom. The van der Waals surface area contributed by atoms with Gasteiger partial charge in [0.1, 0.15) is 58.9 Å². The molecule has 4 aliphatic heterocycles. The predicted octanol–water partition coefficient (Wildman–Crippen LogP) is 8.16. The zero-order chi connectivity index (χ0) is 59.7. The molecule has 0 aromatic heterocycles. The number of Topliss-reactive ketones (excluding diaryl/α,β-unsaturated/α-hetero) is 2. The van der Waals surface area contributed by atoms with E-state index in [1.807, 2.05) is 109 Å². The number of nitrogens with zero attached hydrogens (tertiary/aromatic N) is 1. The van der Waals surface area contributed by atoms with E-state index in [9.17, 15) is 34.8 Å². The molecule has 11 atom stereocenters. The number of hydrogen-bond acceptors (Lipinski definition) is 15. The minimum atomic E-state index is -1.83. The van der Waals surface area contributed by atoms with Crippen LogP contribution in [-0.4, -0.2) is 127 Å². The van der Waals surface area contributed by atoms with Gasteiger partial charge < -0.3 is 59.1 Å². The van der Waals surface area contributed by atoms with Gasteiger partial charge in [-0.15, -0.1) is 0 Å². The molecule has 1 saturated carbocycles. The highest BCUT2D eigenvalue weighted by atomic mass is 16.7. The summed E-state index contributed by atoms with van der Waals surface area (Å²) < 4.78 is 39.5. The van der Waals surface area contributed by atoms with Gasteiger partial charge in [0, 0.05) is 48.6 Å². The number of likely N-dealkylation sites (N-methyl/N-ethyl adjacent to an activating group) is 1. The molecule has 17 heteroatoms. The lowest BCUT2D eigenvalue weighted by atomic mass is 9.51. The number of fused-ring (bicyclic) bond motifs is 3. The van der Waals surface area contributed by atoms with Crippen LogP contribution >= 0.6 is 0 Å². The van der Waals surface area contributed by atoms with Crippen LogP contribution < -0.4 is 24.3 Å². The number of carbonyl (C=O) groups is 5. The SMILES string of the molecule is CC(C)=CCCC1(C)C=Cc2c(c(CC=C(C)C)c3c(c2OC(=O)c2ccc(O[C@@H]4O[C@H](CO)[C@@H](O)[C@H](O)[C@H]4O)cc2)C(=O)C2=CC4CC5C(C)(C)OC(C/C=C(/C)C(=O)N(C)C(C)C(=O)NCc6cccc7ccccc67)(C4=O)C25O3)O1. The van der Waals surface area contributed by atoms with Gasteiger partial charge in [-0.25, -0.2) is 4.79 Å². The first-order chi connectivity index (χ1) is 39.3. The van der Waals surface area contributed by atoms with Crippen molar-refractivity contribution in [2.45, 2.75) is 160 Å². The van der Waals surface area contributed by atoms with Crippen molar-refractivity contribution in [1.29, 1.82) is 0 Å². The van der Waals surface area contributed by atoms with E-state index >= 15 is 9.59 Å². The fraction of sp³-hybridized carbons (Fsp3) is 0.439. The zero-order valence-corrected chi connectivity index (χ0v) is 48.6. The van der Waals surface area contributed by atoms with E-state index in [0.717, 1.165) is 27.5 Å². The first-order valence-electron chi connectivity index (χ1n) is 28.4. The summed E-state index contributed by atoms with van der Waals surface area (Å²) in [5.74, 6) is -3.47. The summed E-state index contributed by atoms with van der Waals surface area (Å²) in [5.41, 5.74) is -1.24. The van der Waals surface area contributed by atoms with E-state index in [1.165, 1.54) is 29.2 Å². The minimum absolute atomic E-state index is 0.0298. The van der Waals surface area contributed by atoms with Crippen LogP contribution in [-0.2, 0) is 36.8 Å². The standard InChI is InChI=1S/C66H74N2O15/c1-35(2)15-14-28-64(9)29-27-46-55(81-64)45(25-20-36(3)4)57-50(56(46)80-61(77)40-21-23-43(24-22-40)78-62-54(73)53(72)52(71)48(34-69)79-62)51(70)47-31-42-32-49-63(7,8)83-65(58(42)74,66(47,49)82-57)30-26-37(5)60(76)68(10)38(6)59(75)67-33-41-18-13-17-39-16-11-12-19-44(39)41/h11-13,15-24,26-27,29,31,38,42,48-49,52-54,62,69,71-73H,14,25,28,30,32-34H2,1-10H3,(H,67,75)/b37-26-/t38?,42?,48-,49?,52-,53+,54-,62-,64?,65?,66?/m1/s1. The maximum Gasteiger partial charge on any atom is 0.343 e. The van der Waals surface area contributed by atoms with Crippen LogP contribution in [0.3, 0.4) is 0 Å². The molecule has 3 aliphatic carbocycles. The molecule has 4 aromatic carbocycles. The Labute approximate surface area is 483 Å². The second-order valence-electron chi connectivity index (χ2n) is 24.1. The average molecular weight is 1140 g/mol. The number of esters is 1. The molecule has 438 valence electrons. The number of ketones is 2. The third-order valence-electron chi connectivity index (χ3n) is 17.5. The second-order valence-corrected chi connectivity index (χ2v) is 24.1. The lowest BCUT2D eigenvalue weighted by Gasteiger charge is -2.56. The number of benzene rings is 4. The number of nitrogens with one attached hydrogen (secondary N) is 1. The number of aliphatic hydroxyl groups is 4. The molecular formula is C66H74N2O15. The monoisotopic (exact) mass is 1130 g/mol. The van der Waals surface area contributed by atoms with Crippen molar-refractivity contribution in [2.75, 3.05) is 13.7 Å². The van der Waals surface area contributed by atoms with Gasteiger partial charge in [0.25, 0.3) is 0 Å². The van der Waals surface area contributed by atoms with Crippen LogP contribution in [0.25, 0.3) is 16.8 Å². The molecule has 5 N–H and O–H groups in total. The van der Waals surface area contributed by atoms with E-state index < -0.39 is 95.3 Å². The minimum Gasteiger partial charge on any atom is -0.482 e. The van der Waals surface area contributed by atoms with Crippen LogP contribution in [0.1, 0.15) is 125 Å².